The first kappa shape index (κ1) is 14.4. The molecule has 1 aliphatic heterocycles. The number of para-hydroxylation sites is 2. The number of amides is 1. The van der Waals surface area contributed by atoms with Crippen molar-refractivity contribution in [3.8, 4) is 17.2 Å². The van der Waals surface area contributed by atoms with E-state index >= 15 is 0 Å². The minimum Gasteiger partial charge on any atom is -0.480 e. The maximum absolute atomic E-state index is 12.6. The molecule has 6 heteroatoms. The van der Waals surface area contributed by atoms with E-state index in [1.54, 1.807) is 13.0 Å². The van der Waals surface area contributed by atoms with Gasteiger partial charge in [-0.15, -0.1) is 10.2 Å². The van der Waals surface area contributed by atoms with Crippen LogP contribution < -0.4 is 10.1 Å². The van der Waals surface area contributed by atoms with Crippen molar-refractivity contribution < 1.29 is 13.9 Å². The zero-order valence-electron chi connectivity index (χ0n) is 13.0. The van der Waals surface area contributed by atoms with E-state index in [0.717, 1.165) is 11.3 Å². The van der Waals surface area contributed by atoms with Crippen LogP contribution in [0.1, 0.15) is 11.5 Å². The Morgan fingerprint density at radius 1 is 1.12 bits per heavy atom. The summed E-state index contributed by atoms with van der Waals surface area (Å²) in [5.74, 6) is 1.41. The molecule has 0 bridgehead atoms. The summed E-state index contributed by atoms with van der Waals surface area (Å²) in [5, 5.41) is 10.8. The highest BCUT2D eigenvalue weighted by atomic mass is 16.5. The number of hydrogen-bond acceptors (Lipinski definition) is 5. The fraction of sp³-hybridized carbons (Fsp3) is 0.167. The fourth-order valence-electron chi connectivity index (χ4n) is 2.73. The van der Waals surface area contributed by atoms with E-state index in [1.165, 1.54) is 0 Å². The molecule has 4 rings (SSSR count). The van der Waals surface area contributed by atoms with Gasteiger partial charge in [0.2, 0.25) is 11.8 Å². The summed E-state index contributed by atoms with van der Waals surface area (Å²) in [7, 11) is 0. The standard InChI is InChI=1S/C18H15N3O3/c1-11-20-21-18(23-11)13-7-3-4-8-14(13)19-17(22)16-10-12-6-2-5-9-15(12)24-16/h2-9,16H,10H2,1H3,(H,19,22). The van der Waals surface area contributed by atoms with E-state index in [4.69, 9.17) is 9.15 Å². The summed E-state index contributed by atoms with van der Waals surface area (Å²) < 4.78 is 11.2. The highest BCUT2D eigenvalue weighted by Gasteiger charge is 2.29. The third kappa shape index (κ3) is 2.62. The van der Waals surface area contributed by atoms with Gasteiger partial charge < -0.3 is 14.5 Å². The molecule has 1 amide bonds. The van der Waals surface area contributed by atoms with Gasteiger partial charge in [-0.25, -0.2) is 0 Å². The number of ether oxygens (including phenoxy) is 1. The molecule has 0 spiro atoms. The quantitative estimate of drug-likeness (QED) is 0.802. The Morgan fingerprint density at radius 3 is 2.71 bits per heavy atom. The summed E-state index contributed by atoms with van der Waals surface area (Å²) in [6, 6.07) is 15.0. The Kier molecular flexibility index (Phi) is 3.49. The number of nitrogens with one attached hydrogen (secondary N) is 1. The van der Waals surface area contributed by atoms with Crippen LogP contribution in [0.25, 0.3) is 11.5 Å². The monoisotopic (exact) mass is 321 g/mol. The van der Waals surface area contributed by atoms with Gasteiger partial charge in [0.1, 0.15) is 5.75 Å². The molecule has 0 saturated carbocycles. The number of carbonyl (C=O) groups excluding carboxylic acids is 1. The molecule has 0 aliphatic carbocycles. The molecule has 2 heterocycles. The molecule has 3 aromatic rings. The van der Waals surface area contributed by atoms with Crippen LogP contribution in [0.4, 0.5) is 5.69 Å². The molecule has 1 aromatic heterocycles. The number of benzene rings is 2. The molecule has 1 unspecified atom stereocenters. The van der Waals surface area contributed by atoms with Crippen molar-refractivity contribution in [3.05, 3.63) is 60.0 Å². The fourth-order valence-corrected chi connectivity index (χ4v) is 2.73. The van der Waals surface area contributed by atoms with Crippen LogP contribution in [0, 0.1) is 6.92 Å². The molecular formula is C18H15N3O3. The van der Waals surface area contributed by atoms with E-state index in [-0.39, 0.29) is 5.91 Å². The normalized spacial score (nSPS) is 15.6. The summed E-state index contributed by atoms with van der Waals surface area (Å²) in [4.78, 5) is 12.6. The van der Waals surface area contributed by atoms with Gasteiger partial charge >= 0.3 is 0 Å². The Labute approximate surface area is 138 Å². The van der Waals surface area contributed by atoms with Crippen LogP contribution in [-0.4, -0.2) is 22.2 Å². The topological polar surface area (TPSA) is 77.2 Å². The van der Waals surface area contributed by atoms with Gasteiger partial charge in [-0.05, 0) is 23.8 Å². The van der Waals surface area contributed by atoms with Gasteiger partial charge in [-0.1, -0.05) is 30.3 Å². The Morgan fingerprint density at radius 2 is 1.92 bits per heavy atom. The van der Waals surface area contributed by atoms with Gasteiger partial charge in [0.05, 0.1) is 11.3 Å². The summed E-state index contributed by atoms with van der Waals surface area (Å²) in [5.41, 5.74) is 2.34. The number of carbonyl (C=O) groups is 1. The average Bonchev–Trinajstić information content (AvgIpc) is 3.21. The summed E-state index contributed by atoms with van der Waals surface area (Å²) >= 11 is 0. The molecule has 0 saturated heterocycles. The first-order valence-electron chi connectivity index (χ1n) is 7.65. The van der Waals surface area contributed by atoms with Crippen molar-refractivity contribution in [2.75, 3.05) is 5.32 Å². The van der Waals surface area contributed by atoms with Crippen LogP contribution in [0.2, 0.25) is 0 Å². The van der Waals surface area contributed by atoms with Crippen molar-refractivity contribution in [1.29, 1.82) is 0 Å². The molecule has 120 valence electrons. The van der Waals surface area contributed by atoms with Crippen LogP contribution in [0.3, 0.4) is 0 Å². The minimum atomic E-state index is -0.542. The van der Waals surface area contributed by atoms with Crippen LogP contribution in [-0.2, 0) is 11.2 Å². The molecule has 1 N–H and O–H groups in total. The van der Waals surface area contributed by atoms with Crippen LogP contribution >= 0.6 is 0 Å². The zero-order valence-corrected chi connectivity index (χ0v) is 13.0. The second kappa shape index (κ2) is 5.81. The van der Waals surface area contributed by atoms with E-state index in [1.807, 2.05) is 42.5 Å². The highest BCUT2D eigenvalue weighted by Crippen LogP contribution is 2.30. The van der Waals surface area contributed by atoms with E-state index in [0.29, 0.717) is 29.5 Å². The van der Waals surface area contributed by atoms with E-state index < -0.39 is 6.10 Å². The third-order valence-electron chi connectivity index (χ3n) is 3.88. The third-order valence-corrected chi connectivity index (χ3v) is 3.88. The predicted molar refractivity (Wildman–Crippen MR) is 87.7 cm³/mol. The number of rotatable bonds is 3. The molecule has 1 aliphatic rings. The largest absolute Gasteiger partial charge is 0.480 e. The zero-order chi connectivity index (χ0) is 16.5. The van der Waals surface area contributed by atoms with E-state index in [9.17, 15) is 4.79 Å². The lowest BCUT2D eigenvalue weighted by atomic mass is 10.1. The van der Waals surface area contributed by atoms with E-state index in [2.05, 4.69) is 15.5 Å². The van der Waals surface area contributed by atoms with Crippen molar-refractivity contribution in [3.63, 3.8) is 0 Å². The lowest BCUT2D eigenvalue weighted by molar-refractivity contribution is -0.122. The minimum absolute atomic E-state index is 0.199. The van der Waals surface area contributed by atoms with Crippen LogP contribution in [0.5, 0.6) is 5.75 Å². The number of aromatic nitrogens is 2. The van der Waals surface area contributed by atoms with Gasteiger partial charge in [0, 0.05) is 13.3 Å². The molecule has 6 nitrogen and oxygen atoms in total. The first-order valence-corrected chi connectivity index (χ1v) is 7.65. The molecule has 0 fully saturated rings. The van der Waals surface area contributed by atoms with Gasteiger partial charge in [0.15, 0.2) is 6.10 Å². The highest BCUT2D eigenvalue weighted by molar-refractivity contribution is 5.98. The van der Waals surface area contributed by atoms with Gasteiger partial charge in [-0.3, -0.25) is 4.79 Å². The average molecular weight is 321 g/mol. The molecule has 24 heavy (non-hydrogen) atoms. The Hall–Kier alpha value is -3.15. The van der Waals surface area contributed by atoms with Crippen LogP contribution in [0.15, 0.2) is 52.9 Å². The maximum atomic E-state index is 12.6. The van der Waals surface area contributed by atoms with Gasteiger partial charge in [-0.2, -0.15) is 0 Å². The van der Waals surface area contributed by atoms with Crippen molar-refractivity contribution in [1.82, 2.24) is 10.2 Å². The Bertz CT molecular complexity index is 879. The second-order valence-corrected chi connectivity index (χ2v) is 5.58. The van der Waals surface area contributed by atoms with Crippen molar-refractivity contribution >= 4 is 11.6 Å². The second-order valence-electron chi connectivity index (χ2n) is 5.58. The van der Waals surface area contributed by atoms with Gasteiger partial charge in [0.25, 0.3) is 5.91 Å². The van der Waals surface area contributed by atoms with Crippen molar-refractivity contribution in [2.45, 2.75) is 19.4 Å². The molecule has 2 aromatic carbocycles. The number of fused-ring (bicyclic) bond motifs is 1. The maximum Gasteiger partial charge on any atom is 0.265 e. The number of hydrogen-bond donors (Lipinski definition) is 1. The molecule has 0 radical (unpaired) electrons. The smallest absolute Gasteiger partial charge is 0.265 e. The lowest BCUT2D eigenvalue weighted by Crippen LogP contribution is -2.31. The lowest BCUT2D eigenvalue weighted by Gasteiger charge is -2.13. The molecular weight excluding hydrogens is 306 g/mol. The van der Waals surface area contributed by atoms with Crippen molar-refractivity contribution in [2.24, 2.45) is 0 Å². The molecule has 1 atom stereocenters. The number of nitrogens with zero attached hydrogens (tertiary/aromatic N) is 2. The SMILES string of the molecule is Cc1nnc(-c2ccccc2NC(=O)C2Cc3ccccc3O2)o1. The predicted octanol–water partition coefficient (Wildman–Crippen LogP) is 2.99. The number of anilines is 1. The summed E-state index contributed by atoms with van der Waals surface area (Å²) in [6.45, 7) is 1.72. The Balaban J connectivity index is 1.55. The summed E-state index contributed by atoms with van der Waals surface area (Å²) in [6.07, 6.45) is 0.0176. The first-order chi connectivity index (χ1) is 11.7. The number of aryl methyl sites for hydroxylation is 1.